The Labute approximate surface area is 110 Å². The van der Waals surface area contributed by atoms with Gasteiger partial charge < -0.3 is 4.90 Å². The lowest BCUT2D eigenvalue weighted by molar-refractivity contribution is 0.903. The molecule has 0 fully saturated rings. The van der Waals surface area contributed by atoms with Gasteiger partial charge in [0.25, 0.3) is 0 Å². The highest BCUT2D eigenvalue weighted by Crippen LogP contribution is 2.25. The van der Waals surface area contributed by atoms with Crippen LogP contribution < -0.4 is 4.90 Å². The minimum absolute atomic E-state index is 0.337. The van der Waals surface area contributed by atoms with Crippen LogP contribution in [0.15, 0.2) is 36.4 Å². The van der Waals surface area contributed by atoms with Gasteiger partial charge in [0, 0.05) is 19.7 Å². The molecule has 0 unspecified atom stereocenters. The van der Waals surface area contributed by atoms with E-state index in [0.29, 0.717) is 10.3 Å². The molecule has 17 heavy (non-hydrogen) atoms. The van der Waals surface area contributed by atoms with E-state index >= 15 is 0 Å². The van der Waals surface area contributed by atoms with Gasteiger partial charge in [0.2, 0.25) is 0 Å². The Morgan fingerprint density at radius 1 is 1.12 bits per heavy atom. The van der Waals surface area contributed by atoms with Gasteiger partial charge in [-0.2, -0.15) is 0 Å². The lowest BCUT2D eigenvalue weighted by Crippen LogP contribution is -2.17. The molecule has 1 aromatic carbocycles. The standard InChI is InChI=1S/C12H11Cl2N3/c1-17(8-9-5-3-2-4-6-9)10-7-11(13)15-16-12(10)14/h2-7H,8H2,1H3. The molecule has 1 aromatic heterocycles. The minimum Gasteiger partial charge on any atom is -0.368 e. The van der Waals surface area contributed by atoms with Crippen molar-refractivity contribution in [2.45, 2.75) is 6.54 Å². The number of benzene rings is 1. The summed E-state index contributed by atoms with van der Waals surface area (Å²) in [6.45, 7) is 0.739. The lowest BCUT2D eigenvalue weighted by Gasteiger charge is -2.19. The molecule has 0 radical (unpaired) electrons. The first-order valence-electron chi connectivity index (χ1n) is 5.10. The van der Waals surface area contributed by atoms with E-state index in [-0.39, 0.29) is 0 Å². The molecule has 2 aromatic rings. The fourth-order valence-electron chi connectivity index (χ4n) is 1.55. The van der Waals surface area contributed by atoms with E-state index in [2.05, 4.69) is 22.3 Å². The fourth-order valence-corrected chi connectivity index (χ4v) is 1.93. The monoisotopic (exact) mass is 267 g/mol. The van der Waals surface area contributed by atoms with Crippen LogP contribution in [-0.4, -0.2) is 17.2 Å². The predicted octanol–water partition coefficient (Wildman–Crippen LogP) is 3.42. The van der Waals surface area contributed by atoms with Crippen LogP contribution in [-0.2, 0) is 6.54 Å². The Kier molecular flexibility index (Phi) is 3.82. The van der Waals surface area contributed by atoms with Crippen LogP contribution in [0.4, 0.5) is 5.69 Å². The smallest absolute Gasteiger partial charge is 0.175 e. The number of nitrogens with zero attached hydrogens (tertiary/aromatic N) is 3. The maximum Gasteiger partial charge on any atom is 0.175 e. The third-order valence-corrected chi connectivity index (χ3v) is 2.83. The number of hydrogen-bond acceptors (Lipinski definition) is 3. The molecular formula is C12H11Cl2N3. The summed E-state index contributed by atoms with van der Waals surface area (Å²) in [6.07, 6.45) is 0. The van der Waals surface area contributed by atoms with Crippen molar-refractivity contribution in [1.82, 2.24) is 10.2 Å². The second-order valence-corrected chi connectivity index (χ2v) is 4.43. The molecule has 0 aliphatic rings. The molecular weight excluding hydrogens is 257 g/mol. The van der Waals surface area contributed by atoms with Crippen LogP contribution in [0, 0.1) is 0 Å². The number of aromatic nitrogens is 2. The zero-order valence-corrected chi connectivity index (χ0v) is 10.8. The summed E-state index contributed by atoms with van der Waals surface area (Å²) < 4.78 is 0. The quantitative estimate of drug-likeness (QED) is 0.854. The van der Waals surface area contributed by atoms with Gasteiger partial charge in [0.15, 0.2) is 10.3 Å². The molecule has 5 heteroatoms. The van der Waals surface area contributed by atoms with E-state index in [0.717, 1.165) is 12.2 Å². The summed E-state index contributed by atoms with van der Waals surface area (Å²) in [4.78, 5) is 1.98. The van der Waals surface area contributed by atoms with Crippen LogP contribution in [0.2, 0.25) is 10.3 Å². The van der Waals surface area contributed by atoms with Crippen molar-refractivity contribution >= 4 is 28.9 Å². The Morgan fingerprint density at radius 3 is 2.53 bits per heavy atom. The van der Waals surface area contributed by atoms with Gasteiger partial charge in [0.05, 0.1) is 5.69 Å². The molecule has 0 amide bonds. The molecule has 88 valence electrons. The first-order chi connectivity index (χ1) is 8.16. The molecule has 2 rings (SSSR count). The third kappa shape index (κ3) is 3.08. The van der Waals surface area contributed by atoms with Crippen molar-refractivity contribution < 1.29 is 0 Å². The second kappa shape index (κ2) is 5.34. The maximum atomic E-state index is 5.98. The Bertz CT molecular complexity index is 502. The topological polar surface area (TPSA) is 29.0 Å². The second-order valence-electron chi connectivity index (χ2n) is 3.68. The van der Waals surface area contributed by atoms with Gasteiger partial charge in [-0.25, -0.2) is 0 Å². The summed E-state index contributed by atoms with van der Waals surface area (Å²) in [5.41, 5.74) is 1.97. The summed E-state index contributed by atoms with van der Waals surface area (Å²) >= 11 is 11.8. The Hall–Kier alpha value is -1.32. The van der Waals surface area contributed by atoms with Gasteiger partial charge in [-0.3, -0.25) is 0 Å². The predicted molar refractivity (Wildman–Crippen MR) is 70.6 cm³/mol. The molecule has 1 heterocycles. The lowest BCUT2D eigenvalue weighted by atomic mass is 10.2. The van der Waals surface area contributed by atoms with Crippen molar-refractivity contribution in [2.75, 3.05) is 11.9 Å². The SMILES string of the molecule is CN(Cc1ccccc1)c1cc(Cl)nnc1Cl. The van der Waals surface area contributed by atoms with Crippen molar-refractivity contribution in [3.05, 3.63) is 52.3 Å². The summed E-state index contributed by atoms with van der Waals surface area (Å²) in [6, 6.07) is 11.8. The first kappa shape index (κ1) is 12.1. The van der Waals surface area contributed by atoms with E-state index in [1.807, 2.05) is 30.1 Å². The van der Waals surface area contributed by atoms with Crippen molar-refractivity contribution in [3.63, 3.8) is 0 Å². The van der Waals surface area contributed by atoms with Gasteiger partial charge in [0.1, 0.15) is 0 Å². The number of rotatable bonds is 3. The molecule has 0 N–H and O–H groups in total. The van der Waals surface area contributed by atoms with E-state index in [1.165, 1.54) is 5.56 Å². The van der Waals surface area contributed by atoms with Crippen LogP contribution in [0.1, 0.15) is 5.56 Å². The summed E-state index contributed by atoms with van der Waals surface area (Å²) in [7, 11) is 1.94. The highest BCUT2D eigenvalue weighted by atomic mass is 35.5. The summed E-state index contributed by atoms with van der Waals surface area (Å²) in [5, 5.41) is 8.16. The van der Waals surface area contributed by atoms with Gasteiger partial charge in [-0.1, -0.05) is 53.5 Å². The minimum atomic E-state index is 0.337. The van der Waals surface area contributed by atoms with Crippen molar-refractivity contribution in [3.8, 4) is 0 Å². The number of halogens is 2. The Balaban J connectivity index is 2.20. The zero-order chi connectivity index (χ0) is 12.3. The van der Waals surface area contributed by atoms with Crippen molar-refractivity contribution in [2.24, 2.45) is 0 Å². The maximum absolute atomic E-state index is 5.98. The molecule has 0 saturated heterocycles. The van der Waals surface area contributed by atoms with Gasteiger partial charge in [-0.15, -0.1) is 10.2 Å². The number of anilines is 1. The molecule has 0 bridgehead atoms. The third-order valence-electron chi connectivity index (χ3n) is 2.37. The molecule has 0 spiro atoms. The largest absolute Gasteiger partial charge is 0.368 e. The van der Waals surface area contributed by atoms with Gasteiger partial charge >= 0.3 is 0 Å². The van der Waals surface area contributed by atoms with Gasteiger partial charge in [-0.05, 0) is 5.56 Å². The van der Waals surface area contributed by atoms with Crippen LogP contribution in [0.5, 0.6) is 0 Å². The fraction of sp³-hybridized carbons (Fsp3) is 0.167. The zero-order valence-electron chi connectivity index (χ0n) is 9.27. The first-order valence-corrected chi connectivity index (χ1v) is 5.86. The Morgan fingerprint density at radius 2 is 1.82 bits per heavy atom. The average molecular weight is 268 g/mol. The number of hydrogen-bond donors (Lipinski definition) is 0. The van der Waals surface area contributed by atoms with Crippen molar-refractivity contribution in [1.29, 1.82) is 0 Å². The molecule has 0 atom stereocenters. The van der Waals surface area contributed by atoms with E-state index < -0.39 is 0 Å². The van der Waals surface area contributed by atoms with E-state index in [9.17, 15) is 0 Å². The normalized spacial score (nSPS) is 10.3. The van der Waals surface area contributed by atoms with Crippen LogP contribution in [0.3, 0.4) is 0 Å². The van der Waals surface area contributed by atoms with Crippen LogP contribution >= 0.6 is 23.2 Å². The molecule has 0 saturated carbocycles. The molecule has 0 aliphatic carbocycles. The van der Waals surface area contributed by atoms with E-state index in [4.69, 9.17) is 23.2 Å². The highest BCUT2D eigenvalue weighted by Gasteiger charge is 2.09. The molecule has 0 aliphatic heterocycles. The summed E-state index contributed by atoms with van der Waals surface area (Å²) in [5.74, 6) is 0. The highest BCUT2D eigenvalue weighted by molar-refractivity contribution is 6.33. The average Bonchev–Trinajstić information content (AvgIpc) is 2.33. The van der Waals surface area contributed by atoms with Crippen LogP contribution in [0.25, 0.3) is 0 Å². The van der Waals surface area contributed by atoms with E-state index in [1.54, 1.807) is 6.07 Å². The molecule has 3 nitrogen and oxygen atoms in total.